The van der Waals surface area contributed by atoms with Crippen LogP contribution in [0.25, 0.3) is 10.9 Å². The average Bonchev–Trinajstić information content (AvgIpc) is 3.30. The van der Waals surface area contributed by atoms with Gasteiger partial charge in [0, 0.05) is 30.9 Å². The predicted molar refractivity (Wildman–Crippen MR) is 118 cm³/mol. The minimum atomic E-state index is -0.558. The van der Waals surface area contributed by atoms with Gasteiger partial charge in [-0.05, 0) is 37.4 Å². The SMILES string of the molecule is C#Cc1cccc(C2CCCN2)c1Nc1nc(N2CCC2)c2cnc(OC)nc2c1F. The Kier molecular flexibility index (Phi) is 5.04. The van der Waals surface area contributed by atoms with Crippen molar-refractivity contribution >= 4 is 28.2 Å². The zero-order valence-corrected chi connectivity index (χ0v) is 17.3. The molecule has 7 nitrogen and oxygen atoms in total. The van der Waals surface area contributed by atoms with Gasteiger partial charge in [-0.25, -0.2) is 14.4 Å². The summed E-state index contributed by atoms with van der Waals surface area (Å²) >= 11 is 0. The third kappa shape index (κ3) is 3.41. The number of halogens is 1. The molecule has 1 atom stereocenters. The second-order valence-corrected chi connectivity index (χ2v) is 7.75. The van der Waals surface area contributed by atoms with Crippen LogP contribution in [0.5, 0.6) is 6.01 Å². The number of pyridine rings is 1. The lowest BCUT2D eigenvalue weighted by Crippen LogP contribution is -2.38. The van der Waals surface area contributed by atoms with Crippen LogP contribution in [0, 0.1) is 18.2 Å². The number of anilines is 3. The van der Waals surface area contributed by atoms with Crippen molar-refractivity contribution in [2.24, 2.45) is 0 Å². The van der Waals surface area contributed by atoms with Gasteiger partial charge in [-0.15, -0.1) is 6.42 Å². The topological polar surface area (TPSA) is 75.2 Å². The van der Waals surface area contributed by atoms with Crippen LogP contribution in [0.4, 0.5) is 21.7 Å². The van der Waals surface area contributed by atoms with E-state index in [1.165, 1.54) is 7.11 Å². The molecule has 4 heterocycles. The van der Waals surface area contributed by atoms with Crippen LogP contribution in [0.15, 0.2) is 24.4 Å². The van der Waals surface area contributed by atoms with Gasteiger partial charge in [-0.2, -0.15) is 4.98 Å². The highest BCUT2D eigenvalue weighted by molar-refractivity contribution is 5.93. The molecule has 158 valence electrons. The molecular formula is C23H23FN6O. The maximum absolute atomic E-state index is 15.6. The second kappa shape index (κ2) is 8.00. The number of nitrogens with one attached hydrogen (secondary N) is 2. The Morgan fingerprint density at radius 1 is 1.29 bits per heavy atom. The zero-order chi connectivity index (χ0) is 21.4. The van der Waals surface area contributed by atoms with Gasteiger partial charge < -0.3 is 20.3 Å². The van der Waals surface area contributed by atoms with Gasteiger partial charge in [0.2, 0.25) is 0 Å². The van der Waals surface area contributed by atoms with E-state index in [2.05, 4.69) is 36.4 Å². The molecule has 5 rings (SSSR count). The first-order valence-corrected chi connectivity index (χ1v) is 10.4. The molecule has 2 aromatic heterocycles. The molecule has 2 aliphatic rings. The highest BCUT2D eigenvalue weighted by atomic mass is 19.1. The maximum Gasteiger partial charge on any atom is 0.316 e. The molecule has 3 aromatic rings. The summed E-state index contributed by atoms with van der Waals surface area (Å²) in [6.45, 7) is 2.66. The number of aromatic nitrogens is 3. The van der Waals surface area contributed by atoms with E-state index in [0.29, 0.717) is 22.5 Å². The molecular weight excluding hydrogens is 395 g/mol. The minimum Gasteiger partial charge on any atom is -0.467 e. The van der Waals surface area contributed by atoms with Gasteiger partial charge in [0.05, 0.1) is 18.2 Å². The Morgan fingerprint density at radius 2 is 2.16 bits per heavy atom. The van der Waals surface area contributed by atoms with Crippen LogP contribution in [0.2, 0.25) is 0 Å². The van der Waals surface area contributed by atoms with Crippen molar-refractivity contribution in [3.05, 3.63) is 41.3 Å². The molecule has 0 spiro atoms. The molecule has 0 amide bonds. The van der Waals surface area contributed by atoms with E-state index in [-0.39, 0.29) is 23.4 Å². The molecule has 0 saturated carbocycles. The van der Waals surface area contributed by atoms with Gasteiger partial charge in [-0.1, -0.05) is 18.1 Å². The molecule has 31 heavy (non-hydrogen) atoms. The lowest BCUT2D eigenvalue weighted by atomic mass is 9.99. The first kappa shape index (κ1) is 19.5. The van der Waals surface area contributed by atoms with Crippen molar-refractivity contribution < 1.29 is 9.13 Å². The molecule has 2 saturated heterocycles. The Labute approximate surface area is 180 Å². The van der Waals surface area contributed by atoms with Gasteiger partial charge >= 0.3 is 6.01 Å². The first-order chi connectivity index (χ1) is 15.2. The van der Waals surface area contributed by atoms with Crippen molar-refractivity contribution in [2.75, 3.05) is 37.0 Å². The third-order valence-corrected chi connectivity index (χ3v) is 5.91. The number of nitrogens with zero attached hydrogens (tertiary/aromatic N) is 4. The third-order valence-electron chi connectivity index (χ3n) is 5.91. The molecule has 2 aliphatic heterocycles. The minimum absolute atomic E-state index is 0.0945. The summed E-state index contributed by atoms with van der Waals surface area (Å²) < 4.78 is 20.7. The smallest absolute Gasteiger partial charge is 0.316 e. The summed E-state index contributed by atoms with van der Waals surface area (Å²) in [5, 5.41) is 7.26. The molecule has 8 heteroatoms. The summed E-state index contributed by atoms with van der Waals surface area (Å²) in [7, 11) is 1.46. The number of para-hydroxylation sites is 1. The first-order valence-electron chi connectivity index (χ1n) is 10.4. The van der Waals surface area contributed by atoms with Crippen LogP contribution in [-0.2, 0) is 0 Å². The van der Waals surface area contributed by atoms with Crippen molar-refractivity contribution in [2.45, 2.75) is 25.3 Å². The van der Waals surface area contributed by atoms with E-state index < -0.39 is 5.82 Å². The van der Waals surface area contributed by atoms with Gasteiger partial charge in [0.1, 0.15) is 11.3 Å². The number of rotatable bonds is 5. The van der Waals surface area contributed by atoms with Gasteiger partial charge in [0.15, 0.2) is 11.6 Å². The van der Waals surface area contributed by atoms with E-state index >= 15 is 4.39 Å². The summed E-state index contributed by atoms with van der Waals surface area (Å²) in [5.41, 5.74) is 2.55. The van der Waals surface area contributed by atoms with E-state index in [9.17, 15) is 0 Å². The monoisotopic (exact) mass is 418 g/mol. The fraction of sp³-hybridized carbons (Fsp3) is 0.348. The van der Waals surface area contributed by atoms with Crippen LogP contribution in [0.1, 0.15) is 36.4 Å². The highest BCUT2D eigenvalue weighted by Crippen LogP contribution is 2.37. The molecule has 0 aliphatic carbocycles. The normalized spacial score (nSPS) is 18.0. The maximum atomic E-state index is 15.6. The molecule has 0 radical (unpaired) electrons. The summed E-state index contributed by atoms with van der Waals surface area (Å²) in [6.07, 6.45) is 10.5. The van der Waals surface area contributed by atoms with Crippen molar-refractivity contribution in [1.29, 1.82) is 0 Å². The zero-order valence-electron chi connectivity index (χ0n) is 17.3. The number of ether oxygens (including phenoxy) is 1. The lowest BCUT2D eigenvalue weighted by Gasteiger charge is -2.33. The van der Waals surface area contributed by atoms with Gasteiger partial charge in [-0.3, -0.25) is 0 Å². The van der Waals surface area contributed by atoms with E-state index in [1.54, 1.807) is 6.20 Å². The average molecular weight is 418 g/mol. The summed E-state index contributed by atoms with van der Waals surface area (Å²) in [5.74, 6) is 2.91. The van der Waals surface area contributed by atoms with Crippen molar-refractivity contribution in [3.8, 4) is 18.4 Å². The number of benzene rings is 1. The Morgan fingerprint density at radius 3 is 2.84 bits per heavy atom. The van der Waals surface area contributed by atoms with Crippen LogP contribution in [-0.4, -0.2) is 41.7 Å². The fourth-order valence-electron chi connectivity index (χ4n) is 4.16. The van der Waals surface area contributed by atoms with Gasteiger partial charge in [0.25, 0.3) is 0 Å². The lowest BCUT2D eigenvalue weighted by molar-refractivity contribution is 0.381. The van der Waals surface area contributed by atoms with E-state index in [4.69, 9.17) is 11.2 Å². The number of methoxy groups -OCH3 is 1. The van der Waals surface area contributed by atoms with Crippen LogP contribution in [0.3, 0.4) is 0 Å². The molecule has 0 bridgehead atoms. The largest absolute Gasteiger partial charge is 0.467 e. The number of terminal acetylenes is 1. The van der Waals surface area contributed by atoms with Crippen LogP contribution >= 0.6 is 0 Å². The summed E-state index contributed by atoms with van der Waals surface area (Å²) in [4.78, 5) is 15.2. The second-order valence-electron chi connectivity index (χ2n) is 7.75. The fourth-order valence-corrected chi connectivity index (χ4v) is 4.16. The number of hydrogen-bond donors (Lipinski definition) is 2. The quantitative estimate of drug-likeness (QED) is 0.614. The molecule has 1 unspecified atom stereocenters. The highest BCUT2D eigenvalue weighted by Gasteiger charge is 2.26. The summed E-state index contributed by atoms with van der Waals surface area (Å²) in [6, 6.07) is 6.08. The van der Waals surface area contributed by atoms with Crippen molar-refractivity contribution in [1.82, 2.24) is 20.3 Å². The molecule has 1 aromatic carbocycles. The van der Waals surface area contributed by atoms with Crippen LogP contribution < -0.4 is 20.3 Å². The van der Waals surface area contributed by atoms with E-state index in [0.717, 1.165) is 44.5 Å². The molecule has 2 fully saturated rings. The Bertz CT molecular complexity index is 1180. The van der Waals surface area contributed by atoms with Crippen molar-refractivity contribution in [3.63, 3.8) is 0 Å². The predicted octanol–water partition coefficient (Wildman–Crippen LogP) is 3.53. The van der Waals surface area contributed by atoms with E-state index in [1.807, 2.05) is 18.2 Å². The Hall–Kier alpha value is -3.44. The number of fused-ring (bicyclic) bond motifs is 1. The Balaban J connectivity index is 1.66. The molecule has 2 N–H and O–H groups in total. The standard InChI is InChI=1S/C23H23FN6O/c1-3-14-7-4-8-15(17-9-5-10-25-17)19(14)27-21-18(24)20-16(13-26-23(28-20)31-2)22(29-21)30-11-6-12-30/h1,4,7-8,13,17,25H,5-6,9-12H2,2H3,(H,27,29). The number of hydrogen-bond acceptors (Lipinski definition) is 7.